The SMILES string of the molecule is Cc1ccc(NC2CCN(C(=O)OC(C)(C)C)CC2)c2cccnc12. The Morgan fingerprint density at radius 2 is 1.96 bits per heavy atom. The monoisotopic (exact) mass is 341 g/mol. The molecular weight excluding hydrogens is 314 g/mol. The Bertz CT molecular complexity index is 759. The summed E-state index contributed by atoms with van der Waals surface area (Å²) in [6, 6.07) is 8.66. The van der Waals surface area contributed by atoms with Gasteiger partial charge < -0.3 is 15.0 Å². The zero-order valence-electron chi connectivity index (χ0n) is 15.5. The van der Waals surface area contributed by atoms with Gasteiger partial charge in [0.15, 0.2) is 0 Å². The van der Waals surface area contributed by atoms with Gasteiger partial charge in [-0.05, 0) is 64.3 Å². The summed E-state index contributed by atoms with van der Waals surface area (Å²) in [6.07, 6.45) is 3.44. The molecule has 5 heteroatoms. The number of anilines is 1. The predicted octanol–water partition coefficient (Wildman–Crippen LogP) is 4.35. The fraction of sp³-hybridized carbons (Fsp3) is 0.500. The van der Waals surface area contributed by atoms with Gasteiger partial charge in [-0.25, -0.2) is 4.79 Å². The second-order valence-electron chi connectivity index (χ2n) is 7.72. The number of aromatic nitrogens is 1. The van der Waals surface area contributed by atoms with E-state index < -0.39 is 5.60 Å². The highest BCUT2D eigenvalue weighted by atomic mass is 16.6. The molecule has 0 radical (unpaired) electrons. The standard InChI is InChI=1S/C20H27N3O2/c1-14-7-8-17(16-6-5-11-21-18(14)16)22-15-9-12-23(13-10-15)19(24)25-20(2,3)4/h5-8,11,15,22H,9-10,12-13H2,1-4H3. The van der Waals surface area contributed by atoms with Crippen molar-refractivity contribution in [2.75, 3.05) is 18.4 Å². The molecule has 1 aromatic carbocycles. The van der Waals surface area contributed by atoms with E-state index in [9.17, 15) is 4.79 Å². The summed E-state index contributed by atoms with van der Waals surface area (Å²) in [5.41, 5.74) is 2.89. The second kappa shape index (κ2) is 6.90. The molecule has 2 heterocycles. The van der Waals surface area contributed by atoms with E-state index in [4.69, 9.17) is 4.74 Å². The van der Waals surface area contributed by atoms with Crippen LogP contribution in [0.3, 0.4) is 0 Å². The minimum Gasteiger partial charge on any atom is -0.444 e. The van der Waals surface area contributed by atoms with Gasteiger partial charge in [-0.3, -0.25) is 4.98 Å². The van der Waals surface area contributed by atoms with Crippen molar-refractivity contribution in [3.63, 3.8) is 0 Å². The molecule has 1 aliphatic rings. The number of carbonyl (C=O) groups is 1. The highest BCUT2D eigenvalue weighted by Crippen LogP contribution is 2.27. The number of hydrogen-bond acceptors (Lipinski definition) is 4. The van der Waals surface area contributed by atoms with Gasteiger partial charge in [0.2, 0.25) is 0 Å². The fourth-order valence-electron chi connectivity index (χ4n) is 3.19. The molecule has 0 bridgehead atoms. The lowest BCUT2D eigenvalue weighted by molar-refractivity contribution is 0.0210. The number of nitrogens with one attached hydrogen (secondary N) is 1. The maximum atomic E-state index is 12.2. The normalized spacial score (nSPS) is 16.1. The van der Waals surface area contributed by atoms with Crippen LogP contribution in [-0.4, -0.2) is 40.7 Å². The van der Waals surface area contributed by atoms with Gasteiger partial charge in [-0.2, -0.15) is 0 Å². The molecular formula is C20H27N3O2. The third kappa shape index (κ3) is 4.21. The van der Waals surface area contributed by atoms with Crippen LogP contribution in [0.2, 0.25) is 0 Å². The van der Waals surface area contributed by atoms with Crippen LogP contribution in [0.4, 0.5) is 10.5 Å². The Kier molecular flexibility index (Phi) is 4.84. The van der Waals surface area contributed by atoms with Crippen LogP contribution in [0.5, 0.6) is 0 Å². The number of pyridine rings is 1. The zero-order valence-corrected chi connectivity index (χ0v) is 15.5. The maximum absolute atomic E-state index is 12.2. The molecule has 1 aromatic heterocycles. The lowest BCUT2D eigenvalue weighted by Crippen LogP contribution is -2.44. The molecule has 134 valence electrons. The molecule has 1 aliphatic heterocycles. The van der Waals surface area contributed by atoms with E-state index >= 15 is 0 Å². The van der Waals surface area contributed by atoms with E-state index in [0.29, 0.717) is 19.1 Å². The van der Waals surface area contributed by atoms with Crippen molar-refractivity contribution in [3.8, 4) is 0 Å². The first kappa shape index (κ1) is 17.5. The first-order valence-corrected chi connectivity index (χ1v) is 8.92. The number of fused-ring (bicyclic) bond motifs is 1. The Morgan fingerprint density at radius 1 is 1.24 bits per heavy atom. The predicted molar refractivity (Wildman–Crippen MR) is 101 cm³/mol. The Hall–Kier alpha value is -2.30. The Morgan fingerprint density at radius 3 is 2.64 bits per heavy atom. The molecule has 1 saturated heterocycles. The molecule has 1 amide bonds. The number of nitrogens with zero attached hydrogens (tertiary/aromatic N) is 2. The number of hydrogen-bond donors (Lipinski definition) is 1. The molecule has 3 rings (SSSR count). The highest BCUT2D eigenvalue weighted by Gasteiger charge is 2.27. The van der Waals surface area contributed by atoms with Crippen molar-refractivity contribution in [1.82, 2.24) is 9.88 Å². The van der Waals surface area contributed by atoms with Crippen molar-refractivity contribution < 1.29 is 9.53 Å². The summed E-state index contributed by atoms with van der Waals surface area (Å²) >= 11 is 0. The summed E-state index contributed by atoms with van der Waals surface area (Å²) in [7, 11) is 0. The number of carbonyl (C=O) groups excluding carboxylic acids is 1. The summed E-state index contributed by atoms with van der Waals surface area (Å²) in [5, 5.41) is 4.79. The molecule has 0 unspecified atom stereocenters. The van der Waals surface area contributed by atoms with E-state index in [-0.39, 0.29) is 6.09 Å². The van der Waals surface area contributed by atoms with Crippen molar-refractivity contribution in [2.24, 2.45) is 0 Å². The first-order valence-electron chi connectivity index (χ1n) is 8.92. The quantitative estimate of drug-likeness (QED) is 0.882. The first-order chi connectivity index (χ1) is 11.8. The van der Waals surface area contributed by atoms with Crippen LogP contribution in [0.15, 0.2) is 30.5 Å². The molecule has 0 spiro atoms. The number of amides is 1. The van der Waals surface area contributed by atoms with Gasteiger partial charge in [-0.1, -0.05) is 6.07 Å². The molecule has 25 heavy (non-hydrogen) atoms. The highest BCUT2D eigenvalue weighted by molar-refractivity contribution is 5.93. The van der Waals surface area contributed by atoms with Crippen molar-refractivity contribution in [2.45, 2.75) is 52.2 Å². The number of benzene rings is 1. The Balaban J connectivity index is 1.63. The van der Waals surface area contributed by atoms with Crippen LogP contribution in [-0.2, 0) is 4.74 Å². The zero-order chi connectivity index (χ0) is 18.0. The average Bonchev–Trinajstić information content (AvgIpc) is 2.57. The molecule has 5 nitrogen and oxygen atoms in total. The molecule has 2 aromatic rings. The lowest BCUT2D eigenvalue weighted by atomic mass is 10.0. The summed E-state index contributed by atoms with van der Waals surface area (Å²) in [6.45, 7) is 9.21. The number of piperidine rings is 1. The molecule has 0 atom stereocenters. The van der Waals surface area contributed by atoms with E-state index in [2.05, 4.69) is 35.4 Å². The van der Waals surface area contributed by atoms with Gasteiger partial charge in [0.05, 0.1) is 5.52 Å². The molecule has 0 aliphatic carbocycles. The fourth-order valence-corrected chi connectivity index (χ4v) is 3.19. The van der Waals surface area contributed by atoms with E-state index in [0.717, 1.165) is 29.4 Å². The minimum atomic E-state index is -0.444. The van der Waals surface area contributed by atoms with Crippen LogP contribution >= 0.6 is 0 Å². The van der Waals surface area contributed by atoms with Gasteiger partial charge in [0, 0.05) is 36.4 Å². The number of rotatable bonds is 2. The smallest absolute Gasteiger partial charge is 0.410 e. The topological polar surface area (TPSA) is 54.5 Å². The summed E-state index contributed by atoms with van der Waals surface area (Å²) in [5.74, 6) is 0. The van der Waals surface area contributed by atoms with Crippen molar-refractivity contribution >= 4 is 22.7 Å². The van der Waals surface area contributed by atoms with Crippen LogP contribution in [0.25, 0.3) is 10.9 Å². The van der Waals surface area contributed by atoms with Crippen molar-refractivity contribution in [1.29, 1.82) is 0 Å². The van der Waals surface area contributed by atoms with Crippen LogP contribution < -0.4 is 5.32 Å². The average molecular weight is 341 g/mol. The van der Waals surface area contributed by atoms with Gasteiger partial charge in [-0.15, -0.1) is 0 Å². The van der Waals surface area contributed by atoms with E-state index in [1.54, 1.807) is 4.90 Å². The number of likely N-dealkylation sites (tertiary alicyclic amines) is 1. The van der Waals surface area contributed by atoms with Gasteiger partial charge in [0.25, 0.3) is 0 Å². The van der Waals surface area contributed by atoms with Crippen molar-refractivity contribution in [3.05, 3.63) is 36.0 Å². The van der Waals surface area contributed by atoms with Gasteiger partial charge in [0.1, 0.15) is 5.60 Å². The summed E-state index contributed by atoms with van der Waals surface area (Å²) in [4.78, 5) is 18.5. The maximum Gasteiger partial charge on any atom is 0.410 e. The van der Waals surface area contributed by atoms with Crippen LogP contribution in [0.1, 0.15) is 39.2 Å². The summed E-state index contributed by atoms with van der Waals surface area (Å²) < 4.78 is 5.46. The third-order valence-electron chi connectivity index (χ3n) is 4.48. The third-order valence-corrected chi connectivity index (χ3v) is 4.48. The second-order valence-corrected chi connectivity index (χ2v) is 7.72. The molecule has 1 N–H and O–H groups in total. The van der Waals surface area contributed by atoms with Gasteiger partial charge >= 0.3 is 6.09 Å². The molecule has 1 fully saturated rings. The van der Waals surface area contributed by atoms with Crippen LogP contribution in [0, 0.1) is 6.92 Å². The van der Waals surface area contributed by atoms with E-state index in [1.165, 1.54) is 5.56 Å². The largest absolute Gasteiger partial charge is 0.444 e. The Labute approximate surface area is 149 Å². The number of aryl methyl sites for hydroxylation is 1. The number of ether oxygens (including phenoxy) is 1. The minimum absolute atomic E-state index is 0.212. The van der Waals surface area contributed by atoms with E-state index in [1.807, 2.05) is 33.0 Å². The lowest BCUT2D eigenvalue weighted by Gasteiger charge is -2.34. The molecule has 0 saturated carbocycles.